The molecule has 0 spiro atoms. The van der Waals surface area contributed by atoms with Crippen LogP contribution in [0.2, 0.25) is 0 Å². The third-order valence-corrected chi connectivity index (χ3v) is 6.23. The van der Waals surface area contributed by atoms with Crippen molar-refractivity contribution in [2.75, 3.05) is 31.0 Å². The minimum atomic E-state index is -0.0447. The molecule has 1 fully saturated rings. The minimum Gasteiger partial charge on any atom is -0.376 e. The Hall–Kier alpha value is -2.49. The maximum atomic E-state index is 12.2. The van der Waals surface area contributed by atoms with E-state index in [0.29, 0.717) is 31.2 Å². The molecule has 180 valence electrons. The van der Waals surface area contributed by atoms with Crippen LogP contribution < -0.4 is 15.1 Å². The Kier molecular flexibility index (Phi) is 10.3. The number of hydroxylamine groups is 1. The van der Waals surface area contributed by atoms with E-state index in [2.05, 4.69) is 47.2 Å². The Bertz CT molecular complexity index is 1010. The second-order valence-corrected chi connectivity index (χ2v) is 8.91. The van der Waals surface area contributed by atoms with Gasteiger partial charge in [0.1, 0.15) is 12.2 Å². The predicted molar refractivity (Wildman–Crippen MR) is 144 cm³/mol. The highest BCUT2D eigenvalue weighted by Gasteiger charge is 2.25. The first kappa shape index (κ1) is 26.1. The third-order valence-electron chi connectivity index (χ3n) is 5.61. The topological polar surface area (TPSA) is 62.8 Å². The van der Waals surface area contributed by atoms with E-state index in [0.717, 1.165) is 12.1 Å². The second-order valence-electron chi connectivity index (χ2n) is 8.05. The second kappa shape index (κ2) is 13.4. The normalized spacial score (nSPS) is 17.1. The summed E-state index contributed by atoms with van der Waals surface area (Å²) in [5, 5.41) is 2.99. The van der Waals surface area contributed by atoms with E-state index in [1.54, 1.807) is 0 Å². The molecule has 0 aromatic heterocycles. The summed E-state index contributed by atoms with van der Waals surface area (Å²) in [5.74, 6) is 0.264. The number of anilines is 1. The fraction of sp³-hybridized carbons (Fsp3) is 0.269. The fourth-order valence-corrected chi connectivity index (χ4v) is 4.18. The molecule has 1 aliphatic rings. The number of hydrogen-bond donors (Lipinski definition) is 2. The Morgan fingerprint density at radius 1 is 0.971 bits per heavy atom. The van der Waals surface area contributed by atoms with Gasteiger partial charge in [0.15, 0.2) is 0 Å². The molecule has 2 N–H and O–H groups in total. The highest BCUT2D eigenvalue weighted by Crippen LogP contribution is 2.25. The van der Waals surface area contributed by atoms with E-state index in [4.69, 9.17) is 9.02 Å². The Morgan fingerprint density at radius 3 is 2.32 bits per heavy atom. The molecule has 1 saturated heterocycles. The minimum absolute atomic E-state index is 0. The van der Waals surface area contributed by atoms with Gasteiger partial charge in [0.25, 0.3) is 5.91 Å². The van der Waals surface area contributed by atoms with Gasteiger partial charge in [-0.3, -0.25) is 9.10 Å². The van der Waals surface area contributed by atoms with E-state index < -0.39 is 0 Å². The van der Waals surface area contributed by atoms with Crippen molar-refractivity contribution in [3.8, 4) is 11.1 Å². The number of carbonyl (C=O) groups excluding carboxylic acids is 1. The van der Waals surface area contributed by atoms with Gasteiger partial charge in [-0.15, -0.1) is 0 Å². The van der Waals surface area contributed by atoms with E-state index in [9.17, 15) is 4.79 Å². The average Bonchev–Trinajstić information content (AvgIpc) is 3.34. The molecule has 4 rings (SSSR count). The monoisotopic (exact) mass is 497 g/mol. The Morgan fingerprint density at radius 2 is 1.62 bits per heavy atom. The van der Waals surface area contributed by atoms with Crippen LogP contribution in [0.3, 0.4) is 0 Å². The van der Waals surface area contributed by atoms with Gasteiger partial charge in [-0.25, -0.2) is 4.28 Å². The van der Waals surface area contributed by atoms with Crippen molar-refractivity contribution in [3.63, 3.8) is 0 Å². The summed E-state index contributed by atoms with van der Waals surface area (Å²) in [6.07, 6.45) is 0.951. The molecule has 2 unspecified atom stereocenters. The van der Waals surface area contributed by atoms with Crippen molar-refractivity contribution in [2.24, 2.45) is 5.92 Å². The van der Waals surface area contributed by atoms with Crippen LogP contribution in [-0.4, -0.2) is 38.8 Å². The number of hydrogen-bond acceptors (Lipinski definition) is 6. The van der Waals surface area contributed by atoms with Crippen molar-refractivity contribution in [1.82, 2.24) is 10.8 Å². The van der Waals surface area contributed by atoms with Crippen molar-refractivity contribution < 1.29 is 13.8 Å². The third kappa shape index (κ3) is 7.51. The van der Waals surface area contributed by atoms with Crippen molar-refractivity contribution in [1.29, 1.82) is 0 Å². The van der Waals surface area contributed by atoms with Gasteiger partial charge in [-0.2, -0.15) is 19.0 Å². The van der Waals surface area contributed by atoms with Crippen molar-refractivity contribution in [2.45, 2.75) is 12.5 Å². The zero-order chi connectivity index (χ0) is 22.9. The SMILES string of the molecule is CN(SONCC1CC(CNC(=O)c2ccccc2)CO1)c1ccc(-c2ccccc2)cc1.S. The zero-order valence-electron chi connectivity index (χ0n) is 19.1. The number of amides is 1. The van der Waals surface area contributed by atoms with Crippen LogP contribution in [0.4, 0.5) is 5.69 Å². The van der Waals surface area contributed by atoms with Gasteiger partial charge in [0, 0.05) is 37.3 Å². The largest absolute Gasteiger partial charge is 0.376 e. The van der Waals surface area contributed by atoms with Crippen LogP contribution in [0.5, 0.6) is 0 Å². The van der Waals surface area contributed by atoms with Gasteiger partial charge >= 0.3 is 0 Å². The summed E-state index contributed by atoms with van der Waals surface area (Å²) in [6, 6.07) is 28.0. The summed E-state index contributed by atoms with van der Waals surface area (Å²) in [7, 11) is 1.96. The number of carbonyl (C=O) groups is 1. The van der Waals surface area contributed by atoms with Crippen LogP contribution in [0.15, 0.2) is 84.9 Å². The lowest BCUT2D eigenvalue weighted by Crippen LogP contribution is -2.30. The maximum absolute atomic E-state index is 12.2. The average molecular weight is 498 g/mol. The summed E-state index contributed by atoms with van der Waals surface area (Å²) in [5.41, 5.74) is 7.10. The van der Waals surface area contributed by atoms with Gasteiger partial charge in [0.2, 0.25) is 0 Å². The standard InChI is InChI=1S/C26H29N3O3S.H2S/c1-29(24-14-12-22(13-15-24)21-8-4-2-5-9-21)33-32-28-18-25-16-20(19-31-25)17-27-26(30)23-10-6-3-7-11-23;/h2-15,20,25,28H,16-19H2,1H3,(H,27,30);1H2. The first-order chi connectivity index (χ1) is 16.2. The van der Waals surface area contributed by atoms with Crippen LogP contribution in [0.25, 0.3) is 11.1 Å². The molecule has 3 aromatic rings. The summed E-state index contributed by atoms with van der Waals surface area (Å²) in [6.45, 7) is 1.85. The number of ether oxygens (including phenoxy) is 1. The van der Waals surface area contributed by atoms with Crippen LogP contribution in [-0.2, 0) is 9.02 Å². The number of nitrogens with one attached hydrogen (secondary N) is 2. The lowest BCUT2D eigenvalue weighted by molar-refractivity contribution is 0.0791. The molecule has 1 heterocycles. The molecular weight excluding hydrogens is 466 g/mol. The van der Waals surface area contributed by atoms with E-state index in [1.165, 1.54) is 23.4 Å². The molecule has 0 bridgehead atoms. The summed E-state index contributed by atoms with van der Waals surface area (Å²) >= 11 is 1.24. The molecule has 1 aliphatic heterocycles. The molecule has 0 saturated carbocycles. The Balaban J connectivity index is 0.00000324. The molecule has 8 heteroatoms. The molecule has 1 amide bonds. The molecule has 2 atom stereocenters. The molecule has 6 nitrogen and oxygen atoms in total. The van der Waals surface area contributed by atoms with Crippen LogP contribution in [0.1, 0.15) is 16.8 Å². The van der Waals surface area contributed by atoms with Gasteiger partial charge in [-0.1, -0.05) is 60.7 Å². The maximum Gasteiger partial charge on any atom is 0.251 e. The van der Waals surface area contributed by atoms with E-state index >= 15 is 0 Å². The smallest absolute Gasteiger partial charge is 0.251 e. The predicted octanol–water partition coefficient (Wildman–Crippen LogP) is 4.82. The lowest BCUT2D eigenvalue weighted by atomic mass is 10.1. The molecule has 0 aliphatic carbocycles. The fourth-order valence-electron chi connectivity index (χ4n) is 3.74. The van der Waals surface area contributed by atoms with Gasteiger partial charge < -0.3 is 10.1 Å². The number of benzene rings is 3. The first-order valence-corrected chi connectivity index (χ1v) is 11.8. The zero-order valence-corrected chi connectivity index (χ0v) is 21.0. The van der Waals surface area contributed by atoms with Crippen LogP contribution in [0, 0.1) is 5.92 Å². The van der Waals surface area contributed by atoms with Gasteiger partial charge in [-0.05, 0) is 41.8 Å². The van der Waals surface area contributed by atoms with Crippen molar-refractivity contribution in [3.05, 3.63) is 90.5 Å². The van der Waals surface area contributed by atoms with E-state index in [1.807, 2.05) is 59.9 Å². The van der Waals surface area contributed by atoms with E-state index in [-0.39, 0.29) is 25.5 Å². The molecule has 34 heavy (non-hydrogen) atoms. The summed E-state index contributed by atoms with van der Waals surface area (Å²) < 4.78 is 13.4. The van der Waals surface area contributed by atoms with Crippen LogP contribution >= 0.6 is 25.7 Å². The quantitative estimate of drug-likeness (QED) is 0.181. The number of nitrogens with zero attached hydrogens (tertiary/aromatic N) is 1. The molecular formula is C26H31N3O3S2. The summed E-state index contributed by atoms with van der Waals surface area (Å²) in [4.78, 5) is 12.2. The highest BCUT2D eigenvalue weighted by molar-refractivity contribution is 7.96. The Labute approximate surface area is 212 Å². The number of rotatable bonds is 10. The molecule has 3 aromatic carbocycles. The van der Waals surface area contributed by atoms with Gasteiger partial charge in [0.05, 0.1) is 12.7 Å². The van der Waals surface area contributed by atoms with Crippen molar-refractivity contribution >= 4 is 37.3 Å². The first-order valence-electron chi connectivity index (χ1n) is 11.1. The highest BCUT2D eigenvalue weighted by atomic mass is 32.2. The lowest BCUT2D eigenvalue weighted by Gasteiger charge is -2.18. The molecule has 0 radical (unpaired) electrons.